The highest BCUT2D eigenvalue weighted by molar-refractivity contribution is 6.01. The second-order valence-electron chi connectivity index (χ2n) is 9.73. The molecule has 2 atom stereocenters. The van der Waals surface area contributed by atoms with E-state index in [-0.39, 0.29) is 17.4 Å². The lowest BCUT2D eigenvalue weighted by Gasteiger charge is -2.48. The van der Waals surface area contributed by atoms with Crippen molar-refractivity contribution in [2.24, 2.45) is 15.6 Å². The van der Waals surface area contributed by atoms with Crippen molar-refractivity contribution in [2.75, 3.05) is 11.9 Å². The maximum Gasteiger partial charge on any atom is 0.164 e. The van der Waals surface area contributed by atoms with E-state index in [9.17, 15) is 4.79 Å². The van der Waals surface area contributed by atoms with Crippen LogP contribution in [-0.4, -0.2) is 24.0 Å². The number of azo groups is 1. The molecule has 0 bridgehead atoms. The molecular weight excluding hydrogens is 398 g/mol. The highest BCUT2D eigenvalue weighted by Crippen LogP contribution is 2.54. The maximum absolute atomic E-state index is 13.6. The zero-order chi connectivity index (χ0) is 22.5. The Bertz CT molecular complexity index is 1160. The molecule has 1 unspecified atom stereocenters. The van der Waals surface area contributed by atoms with Gasteiger partial charge in [0.15, 0.2) is 11.9 Å². The van der Waals surface area contributed by atoms with Gasteiger partial charge in [-0.1, -0.05) is 32.9 Å². The number of Topliss-reactive ketones (excluding diaryl/α,β-unsaturated/α-hetero) is 1. The van der Waals surface area contributed by atoms with Crippen LogP contribution in [0, 0.1) is 5.41 Å². The zero-order valence-electron chi connectivity index (χ0n) is 19.1. The Kier molecular flexibility index (Phi) is 4.77. The first-order valence-electron chi connectivity index (χ1n) is 11.2. The first-order chi connectivity index (χ1) is 15.4. The molecule has 1 aromatic heterocycles. The molecule has 1 N–H and O–H groups in total. The Morgan fingerprint density at radius 1 is 1.12 bits per heavy atom. The van der Waals surface area contributed by atoms with E-state index >= 15 is 0 Å². The van der Waals surface area contributed by atoms with Gasteiger partial charge in [0.05, 0.1) is 11.6 Å². The molecule has 6 nitrogen and oxygen atoms in total. The smallest absolute Gasteiger partial charge is 0.164 e. The van der Waals surface area contributed by atoms with Gasteiger partial charge in [0.25, 0.3) is 0 Å². The van der Waals surface area contributed by atoms with Gasteiger partial charge in [0, 0.05) is 54.1 Å². The van der Waals surface area contributed by atoms with E-state index in [0.29, 0.717) is 6.42 Å². The van der Waals surface area contributed by atoms with Crippen LogP contribution in [0.1, 0.15) is 45.6 Å². The molecule has 0 radical (unpaired) electrons. The Balaban J connectivity index is 1.68. The quantitative estimate of drug-likeness (QED) is 0.707. The Hall–Kier alpha value is -3.28. The highest BCUT2D eigenvalue weighted by Gasteiger charge is 2.53. The molecule has 3 heterocycles. The standard InChI is InChI=1S/C26H29N5O/c1-5-26(17-7-6-8-19(13-17)31(4)18-9-11-27-12-10-18)20-16-28-30-24(20)29-21-14-25(2,3)15-22(32)23(21)26/h6-13,16,24,29H,5,14-15H2,1-4H3/t24?,26-/m1/s1. The van der Waals surface area contributed by atoms with Gasteiger partial charge in [-0.2, -0.15) is 10.2 Å². The molecule has 0 saturated heterocycles. The fourth-order valence-corrected chi connectivity index (χ4v) is 5.59. The average molecular weight is 428 g/mol. The van der Waals surface area contributed by atoms with Crippen molar-refractivity contribution in [1.29, 1.82) is 0 Å². The van der Waals surface area contributed by atoms with Gasteiger partial charge in [0.2, 0.25) is 0 Å². The summed E-state index contributed by atoms with van der Waals surface area (Å²) in [4.78, 5) is 19.9. The second-order valence-corrected chi connectivity index (χ2v) is 9.73. The lowest BCUT2D eigenvalue weighted by atomic mass is 9.59. The van der Waals surface area contributed by atoms with Crippen LogP contribution in [0.3, 0.4) is 0 Å². The van der Waals surface area contributed by atoms with E-state index in [1.807, 2.05) is 18.3 Å². The van der Waals surface area contributed by atoms with E-state index in [4.69, 9.17) is 0 Å². The number of hydrogen-bond acceptors (Lipinski definition) is 6. The number of carbonyl (C=O) groups is 1. The van der Waals surface area contributed by atoms with Gasteiger partial charge in [-0.25, -0.2) is 0 Å². The second kappa shape index (κ2) is 7.40. The van der Waals surface area contributed by atoms with Crippen molar-refractivity contribution in [3.63, 3.8) is 0 Å². The molecule has 2 aromatic rings. The summed E-state index contributed by atoms with van der Waals surface area (Å²) in [6, 6.07) is 12.5. The maximum atomic E-state index is 13.6. The van der Waals surface area contributed by atoms with Gasteiger partial charge in [-0.15, -0.1) is 0 Å². The van der Waals surface area contributed by atoms with Gasteiger partial charge >= 0.3 is 0 Å². The Labute approximate surface area is 189 Å². The molecule has 1 aromatic carbocycles. The number of carbonyl (C=O) groups excluding carboxylic acids is 1. The van der Waals surface area contributed by atoms with Crippen LogP contribution < -0.4 is 10.2 Å². The SMILES string of the molecule is CC[C@@]1(c2cccc(N(C)c3ccncc3)c2)C2=CN=NC2NC2=C1C(=O)CC(C)(C)C2. The fraction of sp³-hybridized carbons (Fsp3) is 0.385. The molecule has 6 heteroatoms. The Morgan fingerprint density at radius 3 is 2.66 bits per heavy atom. The van der Waals surface area contributed by atoms with Crippen LogP contribution in [0.5, 0.6) is 0 Å². The number of rotatable bonds is 4. The van der Waals surface area contributed by atoms with E-state index < -0.39 is 5.41 Å². The first kappa shape index (κ1) is 20.6. The third-order valence-corrected chi connectivity index (χ3v) is 7.09. The summed E-state index contributed by atoms with van der Waals surface area (Å²) in [5.74, 6) is 0.227. The minimum absolute atomic E-state index is 0.0667. The number of nitrogens with one attached hydrogen (secondary N) is 1. The molecule has 1 aliphatic carbocycles. The number of ketones is 1. The van der Waals surface area contributed by atoms with Crippen LogP contribution in [0.15, 0.2) is 82.1 Å². The summed E-state index contributed by atoms with van der Waals surface area (Å²) in [6.07, 6.45) is 7.41. The van der Waals surface area contributed by atoms with E-state index in [0.717, 1.165) is 46.6 Å². The predicted octanol–water partition coefficient (Wildman–Crippen LogP) is 5.42. The van der Waals surface area contributed by atoms with Crippen molar-refractivity contribution >= 4 is 17.2 Å². The van der Waals surface area contributed by atoms with Crippen molar-refractivity contribution in [3.05, 3.63) is 77.4 Å². The van der Waals surface area contributed by atoms with Crippen molar-refractivity contribution in [3.8, 4) is 0 Å². The summed E-state index contributed by atoms with van der Waals surface area (Å²) in [5.41, 5.74) is 5.64. The normalized spacial score (nSPS) is 25.7. The van der Waals surface area contributed by atoms with Crippen LogP contribution in [0.2, 0.25) is 0 Å². The third-order valence-electron chi connectivity index (χ3n) is 7.09. The topological polar surface area (TPSA) is 70.0 Å². The summed E-state index contributed by atoms with van der Waals surface area (Å²) in [5, 5.41) is 12.3. The minimum Gasteiger partial charge on any atom is -0.362 e. The number of hydrogen-bond donors (Lipinski definition) is 1. The molecule has 3 aliphatic rings. The molecular formula is C26H29N5O. The van der Waals surface area contributed by atoms with Crippen LogP contribution in [-0.2, 0) is 10.2 Å². The van der Waals surface area contributed by atoms with Gasteiger partial charge in [-0.05, 0) is 48.1 Å². The number of benzene rings is 1. The lowest BCUT2D eigenvalue weighted by molar-refractivity contribution is -0.119. The molecule has 2 aliphatic heterocycles. The average Bonchev–Trinajstić information content (AvgIpc) is 3.25. The van der Waals surface area contributed by atoms with Crippen molar-refractivity contribution < 1.29 is 4.79 Å². The number of anilines is 2. The number of nitrogens with zero attached hydrogens (tertiary/aromatic N) is 4. The van der Waals surface area contributed by atoms with Crippen LogP contribution in [0.25, 0.3) is 0 Å². The largest absolute Gasteiger partial charge is 0.362 e. The summed E-state index contributed by atoms with van der Waals surface area (Å²) < 4.78 is 0. The number of pyridine rings is 1. The van der Waals surface area contributed by atoms with Gasteiger partial charge in [0.1, 0.15) is 0 Å². The van der Waals surface area contributed by atoms with Crippen LogP contribution >= 0.6 is 0 Å². The van der Waals surface area contributed by atoms with Crippen LogP contribution in [0.4, 0.5) is 11.4 Å². The zero-order valence-corrected chi connectivity index (χ0v) is 19.1. The molecule has 164 valence electrons. The lowest BCUT2D eigenvalue weighted by Crippen LogP contribution is -2.51. The first-order valence-corrected chi connectivity index (χ1v) is 11.2. The molecule has 0 amide bonds. The fourth-order valence-electron chi connectivity index (χ4n) is 5.59. The van der Waals surface area contributed by atoms with E-state index in [2.05, 4.69) is 77.5 Å². The predicted molar refractivity (Wildman–Crippen MR) is 126 cm³/mol. The van der Waals surface area contributed by atoms with E-state index in [1.165, 1.54) is 0 Å². The third kappa shape index (κ3) is 3.08. The minimum atomic E-state index is -0.530. The summed E-state index contributed by atoms with van der Waals surface area (Å²) in [6.45, 7) is 6.49. The van der Waals surface area contributed by atoms with Crippen molar-refractivity contribution in [2.45, 2.75) is 51.6 Å². The molecule has 0 spiro atoms. The van der Waals surface area contributed by atoms with Gasteiger partial charge in [-0.3, -0.25) is 9.78 Å². The van der Waals surface area contributed by atoms with E-state index in [1.54, 1.807) is 12.4 Å². The van der Waals surface area contributed by atoms with Gasteiger partial charge < -0.3 is 10.2 Å². The highest BCUT2D eigenvalue weighted by atomic mass is 16.1. The van der Waals surface area contributed by atoms with Crippen molar-refractivity contribution in [1.82, 2.24) is 10.3 Å². The number of allylic oxidation sites excluding steroid dienone is 2. The molecule has 0 saturated carbocycles. The monoisotopic (exact) mass is 427 g/mol. The molecule has 0 fully saturated rings. The number of aromatic nitrogens is 1. The summed E-state index contributed by atoms with van der Waals surface area (Å²) in [7, 11) is 2.05. The number of fused-ring (bicyclic) bond motifs is 1. The summed E-state index contributed by atoms with van der Waals surface area (Å²) >= 11 is 0. The molecule has 32 heavy (non-hydrogen) atoms. The Morgan fingerprint density at radius 2 is 1.91 bits per heavy atom. The molecule has 5 rings (SSSR count).